The first-order valence-electron chi connectivity index (χ1n) is 10.6. The van der Waals surface area contributed by atoms with Gasteiger partial charge < -0.3 is 9.13 Å². The molecular formula is C24H30FN5O. The van der Waals surface area contributed by atoms with E-state index in [0.717, 1.165) is 42.0 Å². The van der Waals surface area contributed by atoms with Crippen molar-refractivity contribution in [3.05, 3.63) is 42.0 Å². The number of carbonyl (C=O) groups is 1. The minimum absolute atomic E-state index is 0.0736. The molecule has 0 spiro atoms. The van der Waals surface area contributed by atoms with E-state index in [4.69, 9.17) is 4.98 Å². The summed E-state index contributed by atoms with van der Waals surface area (Å²) in [7, 11) is 3.01. The first-order valence-corrected chi connectivity index (χ1v) is 10.6. The maximum Gasteiger partial charge on any atom is 0.281 e. The molecule has 0 saturated heterocycles. The molecular weight excluding hydrogens is 393 g/mol. The Labute approximate surface area is 182 Å². The van der Waals surface area contributed by atoms with Crippen LogP contribution in [0, 0.1) is 5.92 Å². The number of fused-ring (bicyclic) bond motifs is 1. The van der Waals surface area contributed by atoms with Gasteiger partial charge in [-0.2, -0.15) is 5.12 Å². The number of aliphatic imine (C=N–C) groups is 1. The molecule has 1 aromatic carbocycles. The molecule has 2 aromatic heterocycles. The number of nitrogens with zero attached hydrogens (tertiary/aromatic N) is 5. The molecule has 1 saturated carbocycles. The van der Waals surface area contributed by atoms with Crippen molar-refractivity contribution in [3.8, 4) is 11.5 Å². The molecule has 31 heavy (non-hydrogen) atoms. The van der Waals surface area contributed by atoms with Crippen molar-refractivity contribution in [3.63, 3.8) is 0 Å². The molecule has 3 aromatic rings. The summed E-state index contributed by atoms with van der Waals surface area (Å²) in [6, 6.07) is 7.04. The average molecular weight is 424 g/mol. The van der Waals surface area contributed by atoms with Crippen LogP contribution < -0.4 is 0 Å². The third kappa shape index (κ3) is 4.45. The van der Waals surface area contributed by atoms with E-state index in [1.807, 2.05) is 17.7 Å². The zero-order valence-corrected chi connectivity index (χ0v) is 18.7. The lowest BCUT2D eigenvalue weighted by Gasteiger charge is -2.11. The molecule has 2 heterocycles. The molecule has 4 rings (SSSR count). The Morgan fingerprint density at radius 3 is 2.58 bits per heavy atom. The minimum atomic E-state index is -0.696. The summed E-state index contributed by atoms with van der Waals surface area (Å²) in [5, 5.41) is 0.0736. The van der Waals surface area contributed by atoms with Gasteiger partial charge in [0.1, 0.15) is 5.82 Å². The van der Waals surface area contributed by atoms with Gasteiger partial charge >= 0.3 is 0 Å². The van der Waals surface area contributed by atoms with Crippen molar-refractivity contribution >= 4 is 35.6 Å². The molecule has 0 atom stereocenters. The summed E-state index contributed by atoms with van der Waals surface area (Å²) < 4.78 is 17.4. The van der Waals surface area contributed by atoms with Crippen molar-refractivity contribution in [2.75, 3.05) is 7.05 Å². The zero-order chi connectivity index (χ0) is 22.7. The number of aryl methyl sites for hydroxylation is 1. The fourth-order valence-corrected chi connectivity index (χ4v) is 3.56. The smallest absolute Gasteiger partial charge is 0.281 e. The second-order valence-electron chi connectivity index (χ2n) is 7.91. The average Bonchev–Trinajstić information content (AvgIpc) is 3.42. The van der Waals surface area contributed by atoms with Crippen LogP contribution in [0.2, 0.25) is 0 Å². The van der Waals surface area contributed by atoms with Gasteiger partial charge in [-0.3, -0.25) is 4.79 Å². The summed E-state index contributed by atoms with van der Waals surface area (Å²) in [6.45, 7) is 12.7. The van der Waals surface area contributed by atoms with Crippen molar-refractivity contribution in [2.24, 2.45) is 18.0 Å². The van der Waals surface area contributed by atoms with E-state index in [1.54, 1.807) is 24.3 Å². The molecule has 1 amide bonds. The van der Waals surface area contributed by atoms with Crippen LogP contribution in [0.3, 0.4) is 0 Å². The highest BCUT2D eigenvalue weighted by molar-refractivity contribution is 5.97. The first-order chi connectivity index (χ1) is 14.9. The molecule has 0 bridgehead atoms. The molecule has 1 aliphatic carbocycles. The number of benzene rings is 1. The van der Waals surface area contributed by atoms with Crippen LogP contribution in [0.5, 0.6) is 0 Å². The highest BCUT2D eigenvalue weighted by Gasteiger charge is 2.26. The van der Waals surface area contributed by atoms with Gasteiger partial charge in [0.15, 0.2) is 5.82 Å². The van der Waals surface area contributed by atoms with E-state index < -0.39 is 5.91 Å². The van der Waals surface area contributed by atoms with Gasteiger partial charge in [-0.1, -0.05) is 37.4 Å². The van der Waals surface area contributed by atoms with Gasteiger partial charge in [0, 0.05) is 31.8 Å². The van der Waals surface area contributed by atoms with Crippen molar-refractivity contribution in [2.45, 2.75) is 39.7 Å². The Kier molecular flexibility index (Phi) is 6.73. The highest BCUT2D eigenvalue weighted by atomic mass is 19.2. The molecule has 1 fully saturated rings. The van der Waals surface area contributed by atoms with E-state index in [0.29, 0.717) is 11.4 Å². The lowest BCUT2D eigenvalue weighted by Crippen LogP contribution is -2.17. The predicted octanol–water partition coefficient (Wildman–Crippen LogP) is 5.80. The van der Waals surface area contributed by atoms with Gasteiger partial charge in [0.05, 0.1) is 16.7 Å². The van der Waals surface area contributed by atoms with E-state index in [9.17, 15) is 9.28 Å². The van der Waals surface area contributed by atoms with E-state index in [-0.39, 0.29) is 10.7 Å². The molecule has 0 unspecified atom stereocenters. The third-order valence-corrected chi connectivity index (χ3v) is 5.24. The van der Waals surface area contributed by atoms with Crippen LogP contribution in [0.25, 0.3) is 28.6 Å². The Bertz CT molecular complexity index is 1120. The quantitative estimate of drug-likeness (QED) is 0.372. The Hall–Kier alpha value is -3.22. The van der Waals surface area contributed by atoms with Gasteiger partial charge in [-0.05, 0) is 49.7 Å². The third-order valence-electron chi connectivity index (χ3n) is 5.24. The first kappa shape index (κ1) is 22.5. The fraction of sp³-hybridized carbons (Fsp3) is 0.375. The van der Waals surface area contributed by atoms with Gasteiger partial charge in [0.25, 0.3) is 5.91 Å². The fourth-order valence-electron chi connectivity index (χ4n) is 3.56. The Morgan fingerprint density at radius 1 is 1.35 bits per heavy atom. The molecule has 164 valence electrons. The molecule has 0 aliphatic heterocycles. The number of rotatable bonds is 6. The monoisotopic (exact) mass is 423 g/mol. The summed E-state index contributed by atoms with van der Waals surface area (Å²) in [4.78, 5) is 20.9. The SMILES string of the molecule is C=Cc1cc(-c2nc3cc(C(=O)N(C)F)ccc3n2C)n(CC2CC2)c1N=C.CCC. The summed E-state index contributed by atoms with van der Waals surface area (Å²) in [5.74, 6) is 1.49. The number of hydrogen-bond acceptors (Lipinski definition) is 3. The van der Waals surface area contributed by atoms with Crippen molar-refractivity contribution in [1.82, 2.24) is 19.2 Å². The Balaban J connectivity index is 0.000000858. The van der Waals surface area contributed by atoms with Crippen LogP contribution in [-0.2, 0) is 13.6 Å². The second kappa shape index (κ2) is 9.29. The standard InChI is InChI=1S/C21H22FN5O.C3H8/c1-5-14-11-18(27(19(14)23-2)12-13-6-7-13)20-24-16-10-15(21(28)26(4)22)8-9-17(16)25(20)3;1-3-2/h5,8-11,13H,1-2,6-7,12H2,3-4H3;3H2,1-2H3. The lowest BCUT2D eigenvalue weighted by atomic mass is 10.2. The van der Waals surface area contributed by atoms with Crippen LogP contribution in [0.4, 0.5) is 10.3 Å². The minimum Gasteiger partial charge on any atom is -0.326 e. The van der Waals surface area contributed by atoms with Crippen LogP contribution in [-0.4, -0.2) is 38.9 Å². The van der Waals surface area contributed by atoms with E-state index in [1.165, 1.54) is 19.3 Å². The van der Waals surface area contributed by atoms with Gasteiger partial charge in [0.2, 0.25) is 0 Å². The molecule has 0 N–H and O–H groups in total. The van der Waals surface area contributed by atoms with E-state index in [2.05, 4.69) is 36.7 Å². The number of amides is 1. The highest BCUT2D eigenvalue weighted by Crippen LogP contribution is 2.38. The number of carbonyl (C=O) groups excluding carboxylic acids is 1. The normalized spacial score (nSPS) is 12.9. The molecule has 1 aliphatic rings. The number of imidazole rings is 1. The summed E-state index contributed by atoms with van der Waals surface area (Å²) in [5.41, 5.74) is 3.60. The predicted molar refractivity (Wildman–Crippen MR) is 125 cm³/mol. The van der Waals surface area contributed by atoms with Crippen LogP contribution in [0.15, 0.2) is 35.8 Å². The van der Waals surface area contributed by atoms with Crippen molar-refractivity contribution in [1.29, 1.82) is 0 Å². The molecule has 0 radical (unpaired) electrons. The Morgan fingerprint density at radius 2 is 2.03 bits per heavy atom. The van der Waals surface area contributed by atoms with Crippen LogP contribution >= 0.6 is 0 Å². The summed E-state index contributed by atoms with van der Waals surface area (Å²) >= 11 is 0. The van der Waals surface area contributed by atoms with Gasteiger partial charge in [-0.25, -0.2) is 9.98 Å². The second-order valence-corrected chi connectivity index (χ2v) is 7.91. The number of hydrogen-bond donors (Lipinski definition) is 0. The summed E-state index contributed by atoms with van der Waals surface area (Å²) in [6.07, 6.45) is 5.44. The molecule has 7 heteroatoms. The van der Waals surface area contributed by atoms with Gasteiger partial charge in [-0.15, -0.1) is 0 Å². The largest absolute Gasteiger partial charge is 0.326 e. The molecule has 6 nitrogen and oxygen atoms in total. The maximum atomic E-state index is 13.3. The maximum absolute atomic E-state index is 13.3. The van der Waals surface area contributed by atoms with E-state index >= 15 is 0 Å². The van der Waals surface area contributed by atoms with Crippen molar-refractivity contribution < 1.29 is 9.28 Å². The zero-order valence-electron chi connectivity index (χ0n) is 18.7. The lowest BCUT2D eigenvalue weighted by molar-refractivity contribution is 0.0343. The number of aromatic nitrogens is 3. The topological polar surface area (TPSA) is 55.4 Å². The number of halogens is 1. The van der Waals surface area contributed by atoms with Crippen LogP contribution in [0.1, 0.15) is 49.0 Å².